The second kappa shape index (κ2) is 5.83. The Bertz CT molecular complexity index is 930. The monoisotopic (exact) mass is 336 g/mol. The van der Waals surface area contributed by atoms with Crippen molar-refractivity contribution in [1.82, 2.24) is 4.98 Å². The fourth-order valence-corrected chi connectivity index (χ4v) is 3.98. The number of carbonyl (C=O) groups excluding carboxylic acids is 2. The van der Waals surface area contributed by atoms with Gasteiger partial charge in [-0.25, -0.2) is 4.90 Å². The molecule has 4 nitrogen and oxygen atoms in total. The summed E-state index contributed by atoms with van der Waals surface area (Å²) in [6.07, 6.45) is 2.08. The first-order valence-electron chi connectivity index (χ1n) is 7.79. The number of aromatic nitrogens is 1. The molecule has 2 amide bonds. The minimum Gasteiger partial charge on any atom is -0.361 e. The second-order valence-corrected chi connectivity index (χ2v) is 7.22. The molecule has 1 atom stereocenters. The van der Waals surface area contributed by atoms with Crippen molar-refractivity contribution in [3.05, 3.63) is 60.3 Å². The van der Waals surface area contributed by atoms with Gasteiger partial charge in [0.25, 0.3) is 0 Å². The number of rotatable bonds is 3. The predicted molar refractivity (Wildman–Crippen MR) is 96.2 cm³/mol. The number of fused-ring (bicyclic) bond motifs is 1. The number of thioether (sulfide) groups is 1. The van der Waals surface area contributed by atoms with E-state index in [2.05, 4.69) is 4.98 Å². The lowest BCUT2D eigenvalue weighted by Crippen LogP contribution is -2.31. The smallest absolute Gasteiger partial charge is 0.247 e. The number of carbonyl (C=O) groups is 2. The fourth-order valence-electron chi connectivity index (χ4n) is 2.92. The van der Waals surface area contributed by atoms with E-state index >= 15 is 0 Å². The van der Waals surface area contributed by atoms with Crippen LogP contribution in [0, 0.1) is 6.92 Å². The van der Waals surface area contributed by atoms with Crippen molar-refractivity contribution in [3.8, 4) is 0 Å². The predicted octanol–water partition coefficient (Wildman–Crippen LogP) is 3.90. The minimum absolute atomic E-state index is 0.142. The maximum atomic E-state index is 12.7. The molecule has 120 valence electrons. The van der Waals surface area contributed by atoms with Crippen LogP contribution in [0.25, 0.3) is 10.9 Å². The van der Waals surface area contributed by atoms with E-state index in [4.69, 9.17) is 0 Å². The van der Waals surface area contributed by atoms with Gasteiger partial charge >= 0.3 is 0 Å². The molecule has 1 aliphatic rings. The van der Waals surface area contributed by atoms with E-state index in [1.165, 1.54) is 22.2 Å². The van der Waals surface area contributed by atoms with Gasteiger partial charge in [0.15, 0.2) is 0 Å². The number of aryl methyl sites for hydroxylation is 1. The van der Waals surface area contributed by atoms with Crippen LogP contribution in [0.3, 0.4) is 0 Å². The quantitative estimate of drug-likeness (QED) is 0.738. The summed E-state index contributed by atoms with van der Waals surface area (Å²) in [6, 6.07) is 15.6. The SMILES string of the molecule is Cc1ccc(SC2CC(=O)N(c3ccc4cc[nH]c4c3)C2=O)cc1. The number of aromatic amines is 1. The highest BCUT2D eigenvalue weighted by atomic mass is 32.2. The Morgan fingerprint density at radius 2 is 1.88 bits per heavy atom. The van der Waals surface area contributed by atoms with E-state index in [9.17, 15) is 9.59 Å². The molecule has 1 aliphatic heterocycles. The van der Waals surface area contributed by atoms with Crippen molar-refractivity contribution in [1.29, 1.82) is 0 Å². The lowest BCUT2D eigenvalue weighted by atomic mass is 10.2. The maximum Gasteiger partial charge on any atom is 0.247 e. The fraction of sp³-hybridized carbons (Fsp3) is 0.158. The summed E-state index contributed by atoms with van der Waals surface area (Å²) < 4.78 is 0. The van der Waals surface area contributed by atoms with Crippen LogP contribution >= 0.6 is 11.8 Å². The third-order valence-electron chi connectivity index (χ3n) is 4.20. The zero-order chi connectivity index (χ0) is 16.7. The van der Waals surface area contributed by atoms with Crippen LogP contribution in [0.5, 0.6) is 0 Å². The van der Waals surface area contributed by atoms with Gasteiger partial charge in [0, 0.05) is 23.0 Å². The van der Waals surface area contributed by atoms with Gasteiger partial charge in [-0.3, -0.25) is 9.59 Å². The Kier molecular flexibility index (Phi) is 3.65. The zero-order valence-corrected chi connectivity index (χ0v) is 14.0. The Labute approximate surface area is 143 Å². The molecule has 0 bridgehead atoms. The molecule has 1 fully saturated rings. The molecule has 1 saturated heterocycles. The molecule has 0 spiro atoms. The number of nitrogens with zero attached hydrogens (tertiary/aromatic N) is 1. The van der Waals surface area contributed by atoms with Crippen LogP contribution in [0.1, 0.15) is 12.0 Å². The van der Waals surface area contributed by atoms with Gasteiger partial charge in [-0.2, -0.15) is 0 Å². The maximum absolute atomic E-state index is 12.7. The number of nitrogens with one attached hydrogen (secondary N) is 1. The van der Waals surface area contributed by atoms with Crippen molar-refractivity contribution in [2.75, 3.05) is 4.90 Å². The topological polar surface area (TPSA) is 53.2 Å². The number of hydrogen-bond donors (Lipinski definition) is 1. The Balaban J connectivity index is 1.59. The molecule has 2 heterocycles. The number of imide groups is 1. The Hall–Kier alpha value is -2.53. The van der Waals surface area contributed by atoms with Gasteiger partial charge in [-0.15, -0.1) is 11.8 Å². The highest BCUT2D eigenvalue weighted by Crippen LogP contribution is 2.34. The summed E-state index contributed by atoms with van der Waals surface area (Å²) in [5.74, 6) is -0.285. The number of anilines is 1. The Morgan fingerprint density at radius 3 is 2.67 bits per heavy atom. The van der Waals surface area contributed by atoms with Crippen LogP contribution in [-0.2, 0) is 9.59 Å². The number of H-pyrrole nitrogens is 1. The van der Waals surface area contributed by atoms with Gasteiger partial charge in [0.05, 0.1) is 10.9 Å². The van der Waals surface area contributed by atoms with Crippen LogP contribution in [0.2, 0.25) is 0 Å². The van der Waals surface area contributed by atoms with Crippen molar-refractivity contribution >= 4 is 40.2 Å². The van der Waals surface area contributed by atoms with E-state index < -0.39 is 0 Å². The third-order valence-corrected chi connectivity index (χ3v) is 5.40. The average Bonchev–Trinajstić information content (AvgIpc) is 3.14. The summed E-state index contributed by atoms with van der Waals surface area (Å²) in [5, 5.41) is 0.697. The van der Waals surface area contributed by atoms with Gasteiger partial charge in [-0.05, 0) is 42.6 Å². The van der Waals surface area contributed by atoms with Gasteiger partial charge in [0.1, 0.15) is 0 Å². The molecule has 0 radical (unpaired) electrons. The van der Waals surface area contributed by atoms with Gasteiger partial charge in [-0.1, -0.05) is 23.8 Å². The molecule has 0 saturated carbocycles. The van der Waals surface area contributed by atoms with Crippen molar-refractivity contribution < 1.29 is 9.59 Å². The van der Waals surface area contributed by atoms with Crippen LogP contribution in [0.15, 0.2) is 59.6 Å². The molecule has 1 unspecified atom stereocenters. The lowest BCUT2D eigenvalue weighted by Gasteiger charge is -2.15. The molecular weight excluding hydrogens is 320 g/mol. The highest BCUT2D eigenvalue weighted by Gasteiger charge is 2.40. The van der Waals surface area contributed by atoms with Crippen LogP contribution < -0.4 is 4.90 Å². The third kappa shape index (κ3) is 2.61. The molecule has 3 aromatic rings. The lowest BCUT2D eigenvalue weighted by molar-refractivity contribution is -0.121. The van der Waals surface area contributed by atoms with Crippen molar-refractivity contribution in [3.63, 3.8) is 0 Å². The van der Waals surface area contributed by atoms with Gasteiger partial charge in [0.2, 0.25) is 11.8 Å². The normalized spacial score (nSPS) is 17.9. The molecule has 2 aromatic carbocycles. The molecular formula is C19H16N2O2S. The first-order valence-corrected chi connectivity index (χ1v) is 8.67. The second-order valence-electron chi connectivity index (χ2n) is 5.94. The molecule has 1 aromatic heterocycles. The first kappa shape index (κ1) is 15.0. The molecule has 24 heavy (non-hydrogen) atoms. The summed E-state index contributed by atoms with van der Waals surface area (Å²) in [6.45, 7) is 2.02. The average molecular weight is 336 g/mol. The first-order chi connectivity index (χ1) is 11.6. The standard InChI is InChI=1S/C19H16N2O2S/c1-12-2-6-15(7-3-12)24-17-11-18(22)21(19(17)23)14-5-4-13-8-9-20-16(13)10-14/h2-10,17,20H,11H2,1H3. The van der Waals surface area contributed by atoms with E-state index in [0.29, 0.717) is 5.69 Å². The largest absolute Gasteiger partial charge is 0.361 e. The number of benzene rings is 2. The number of hydrogen-bond acceptors (Lipinski definition) is 3. The molecule has 4 rings (SSSR count). The summed E-state index contributed by atoms with van der Waals surface area (Å²) in [5.41, 5.74) is 2.73. The van der Waals surface area contributed by atoms with E-state index in [0.717, 1.165) is 15.8 Å². The van der Waals surface area contributed by atoms with Crippen LogP contribution in [0.4, 0.5) is 5.69 Å². The molecule has 1 N–H and O–H groups in total. The summed E-state index contributed by atoms with van der Waals surface area (Å²) >= 11 is 1.46. The Morgan fingerprint density at radius 1 is 1.08 bits per heavy atom. The van der Waals surface area contributed by atoms with E-state index in [1.54, 1.807) is 0 Å². The van der Waals surface area contributed by atoms with E-state index in [1.807, 2.05) is 61.7 Å². The summed E-state index contributed by atoms with van der Waals surface area (Å²) in [4.78, 5) is 30.6. The van der Waals surface area contributed by atoms with E-state index in [-0.39, 0.29) is 23.5 Å². The van der Waals surface area contributed by atoms with Crippen molar-refractivity contribution in [2.24, 2.45) is 0 Å². The molecule has 5 heteroatoms. The summed E-state index contributed by atoms with van der Waals surface area (Å²) in [7, 11) is 0. The minimum atomic E-state index is -0.362. The van der Waals surface area contributed by atoms with Crippen LogP contribution in [-0.4, -0.2) is 22.0 Å². The molecule has 0 aliphatic carbocycles. The highest BCUT2D eigenvalue weighted by molar-refractivity contribution is 8.00. The number of amides is 2. The van der Waals surface area contributed by atoms with Crippen molar-refractivity contribution in [2.45, 2.75) is 23.5 Å². The van der Waals surface area contributed by atoms with Gasteiger partial charge < -0.3 is 4.98 Å². The zero-order valence-electron chi connectivity index (χ0n) is 13.2.